The highest BCUT2D eigenvalue weighted by molar-refractivity contribution is 5.69. The van der Waals surface area contributed by atoms with Crippen molar-refractivity contribution in [2.75, 3.05) is 0 Å². The van der Waals surface area contributed by atoms with Gasteiger partial charge in [-0.2, -0.15) is 26.3 Å². The Labute approximate surface area is 118 Å². The summed E-state index contributed by atoms with van der Waals surface area (Å²) in [6, 6.07) is 0. The first-order valence-electron chi connectivity index (χ1n) is 6.51. The van der Waals surface area contributed by atoms with Crippen molar-refractivity contribution in [3.05, 3.63) is 0 Å². The Morgan fingerprint density at radius 1 is 1.05 bits per heavy atom. The average molecular weight is 321 g/mol. The van der Waals surface area contributed by atoms with E-state index in [2.05, 4.69) is 0 Å². The molecular formula is C12H17F6NO2. The number of halogens is 6. The first-order valence-corrected chi connectivity index (χ1v) is 6.51. The van der Waals surface area contributed by atoms with E-state index in [4.69, 9.17) is 4.74 Å². The zero-order valence-corrected chi connectivity index (χ0v) is 11.6. The molecule has 2 atom stereocenters. The van der Waals surface area contributed by atoms with Crippen molar-refractivity contribution in [2.24, 2.45) is 5.92 Å². The Morgan fingerprint density at radius 3 is 1.95 bits per heavy atom. The minimum Gasteiger partial charge on any atom is -0.446 e. The topological polar surface area (TPSA) is 38.3 Å². The van der Waals surface area contributed by atoms with Gasteiger partial charge in [0.25, 0.3) is 0 Å². The molecular weight excluding hydrogens is 304 g/mol. The van der Waals surface area contributed by atoms with Gasteiger partial charge in [-0.25, -0.2) is 4.79 Å². The molecule has 0 aromatic rings. The minimum absolute atomic E-state index is 0.0903. The van der Waals surface area contributed by atoms with Crippen LogP contribution in [-0.4, -0.2) is 30.1 Å². The molecule has 0 aliphatic heterocycles. The summed E-state index contributed by atoms with van der Waals surface area (Å²) < 4.78 is 80.5. The molecule has 9 heteroatoms. The van der Waals surface area contributed by atoms with Crippen LogP contribution >= 0.6 is 0 Å². The van der Waals surface area contributed by atoms with E-state index >= 15 is 0 Å². The maximum Gasteiger partial charge on any atom is 0.420 e. The predicted octanol–water partition coefficient (Wildman–Crippen LogP) is 4.17. The van der Waals surface area contributed by atoms with Gasteiger partial charge < -0.3 is 4.74 Å². The zero-order chi connectivity index (χ0) is 16.5. The summed E-state index contributed by atoms with van der Waals surface area (Å²) in [5.41, 5.74) is -4.34. The second-order valence-electron chi connectivity index (χ2n) is 5.45. The van der Waals surface area contributed by atoms with Crippen LogP contribution in [0.3, 0.4) is 0 Å². The van der Waals surface area contributed by atoms with Gasteiger partial charge in [0.1, 0.15) is 6.10 Å². The standard InChI is InChI=1S/C12H17F6NO2/c1-7-5-3-4-6-8(7)21-9(20)19-10(2,11(13,14)15)12(16,17)18/h7-8H,3-6H2,1-2H3,(H,19,20)/t7-,8-/m0/s1. The van der Waals surface area contributed by atoms with Crippen LogP contribution in [0.5, 0.6) is 0 Å². The molecule has 124 valence electrons. The molecule has 0 aromatic heterocycles. The van der Waals surface area contributed by atoms with E-state index in [9.17, 15) is 31.1 Å². The van der Waals surface area contributed by atoms with Crippen molar-refractivity contribution in [2.45, 2.75) is 63.5 Å². The third kappa shape index (κ3) is 3.94. The van der Waals surface area contributed by atoms with E-state index in [1.54, 1.807) is 6.92 Å². The predicted molar refractivity (Wildman–Crippen MR) is 61.6 cm³/mol. The summed E-state index contributed by atoms with van der Waals surface area (Å²) >= 11 is 0. The highest BCUT2D eigenvalue weighted by atomic mass is 19.4. The van der Waals surface area contributed by atoms with Gasteiger partial charge in [0, 0.05) is 0 Å². The van der Waals surface area contributed by atoms with Crippen LogP contribution in [-0.2, 0) is 4.74 Å². The Hall–Kier alpha value is -1.15. The first kappa shape index (κ1) is 17.9. The van der Waals surface area contributed by atoms with Gasteiger partial charge in [0.15, 0.2) is 0 Å². The molecule has 3 nitrogen and oxygen atoms in total. The summed E-state index contributed by atoms with van der Waals surface area (Å²) in [4.78, 5) is 11.4. The molecule has 1 N–H and O–H groups in total. The van der Waals surface area contributed by atoms with Crippen molar-refractivity contribution in [1.82, 2.24) is 5.32 Å². The van der Waals surface area contributed by atoms with Crippen molar-refractivity contribution < 1.29 is 35.9 Å². The number of ether oxygens (including phenoxy) is 1. The lowest BCUT2D eigenvalue weighted by Gasteiger charge is -2.35. The van der Waals surface area contributed by atoms with Crippen LogP contribution in [0.2, 0.25) is 0 Å². The van der Waals surface area contributed by atoms with Gasteiger partial charge in [-0.15, -0.1) is 0 Å². The van der Waals surface area contributed by atoms with Crippen LogP contribution < -0.4 is 5.32 Å². The van der Waals surface area contributed by atoms with E-state index in [1.807, 2.05) is 0 Å². The fourth-order valence-corrected chi connectivity index (χ4v) is 2.13. The van der Waals surface area contributed by atoms with Gasteiger partial charge in [-0.1, -0.05) is 13.3 Å². The van der Waals surface area contributed by atoms with Gasteiger partial charge in [-0.05, 0) is 32.1 Å². The fourth-order valence-electron chi connectivity index (χ4n) is 2.13. The lowest BCUT2D eigenvalue weighted by atomic mass is 9.88. The number of hydrogen-bond acceptors (Lipinski definition) is 2. The van der Waals surface area contributed by atoms with E-state index in [0.29, 0.717) is 12.8 Å². The maximum absolute atomic E-state index is 12.6. The smallest absolute Gasteiger partial charge is 0.420 e. The fraction of sp³-hybridized carbons (Fsp3) is 0.917. The quantitative estimate of drug-likeness (QED) is 0.775. The van der Waals surface area contributed by atoms with Crippen molar-refractivity contribution in [3.8, 4) is 0 Å². The third-order valence-electron chi connectivity index (χ3n) is 3.78. The average Bonchev–Trinajstić information content (AvgIpc) is 2.29. The Bertz CT molecular complexity index is 365. The number of alkyl halides is 6. The van der Waals surface area contributed by atoms with Gasteiger partial charge >= 0.3 is 18.4 Å². The number of rotatable bonds is 2. The molecule has 0 bridgehead atoms. The molecule has 0 spiro atoms. The zero-order valence-electron chi connectivity index (χ0n) is 11.6. The van der Waals surface area contributed by atoms with Crippen LogP contribution in [0.4, 0.5) is 31.1 Å². The Kier molecular flexibility index (Phi) is 5.05. The number of alkyl carbamates (subject to hydrolysis) is 1. The number of carbonyl (C=O) groups is 1. The molecule has 0 aromatic carbocycles. The first-order chi connectivity index (χ1) is 9.38. The molecule has 0 radical (unpaired) electrons. The largest absolute Gasteiger partial charge is 0.446 e. The molecule has 1 aliphatic carbocycles. The second kappa shape index (κ2) is 5.92. The molecule has 0 unspecified atom stereocenters. The molecule has 1 saturated carbocycles. The summed E-state index contributed by atoms with van der Waals surface area (Å²) in [6.45, 7) is 1.61. The highest BCUT2D eigenvalue weighted by Crippen LogP contribution is 2.42. The molecule has 1 aliphatic rings. The van der Waals surface area contributed by atoms with Gasteiger partial charge in [0.2, 0.25) is 5.54 Å². The second-order valence-corrected chi connectivity index (χ2v) is 5.45. The highest BCUT2D eigenvalue weighted by Gasteiger charge is 2.69. The summed E-state index contributed by atoms with van der Waals surface area (Å²) in [5, 5.41) is 0.930. The maximum atomic E-state index is 12.6. The summed E-state index contributed by atoms with van der Waals surface area (Å²) in [7, 11) is 0. The van der Waals surface area contributed by atoms with Crippen LogP contribution in [0.25, 0.3) is 0 Å². The normalized spacial score (nSPS) is 24.6. The summed E-state index contributed by atoms with van der Waals surface area (Å²) in [5.74, 6) is -0.0903. The van der Waals surface area contributed by atoms with Crippen molar-refractivity contribution in [3.63, 3.8) is 0 Å². The van der Waals surface area contributed by atoms with Gasteiger partial charge in [0.05, 0.1) is 0 Å². The van der Waals surface area contributed by atoms with Gasteiger partial charge in [-0.3, -0.25) is 5.32 Å². The van der Waals surface area contributed by atoms with Crippen LogP contribution in [0, 0.1) is 5.92 Å². The Morgan fingerprint density at radius 2 is 1.52 bits per heavy atom. The molecule has 1 fully saturated rings. The lowest BCUT2D eigenvalue weighted by Crippen LogP contribution is -2.65. The van der Waals surface area contributed by atoms with Crippen molar-refractivity contribution >= 4 is 6.09 Å². The molecule has 21 heavy (non-hydrogen) atoms. The number of carbonyl (C=O) groups excluding carboxylic acids is 1. The van der Waals surface area contributed by atoms with Crippen LogP contribution in [0.15, 0.2) is 0 Å². The monoisotopic (exact) mass is 321 g/mol. The summed E-state index contributed by atoms with van der Waals surface area (Å²) in [6.07, 6.45) is -11.0. The SMILES string of the molecule is C[C@H]1CCCC[C@@H]1OC(=O)NC(C)(C(F)(F)F)C(F)(F)F. The molecule has 0 heterocycles. The molecule has 1 amide bonds. The third-order valence-corrected chi connectivity index (χ3v) is 3.78. The van der Waals surface area contributed by atoms with E-state index in [-0.39, 0.29) is 12.8 Å². The minimum atomic E-state index is -5.68. The number of nitrogens with one attached hydrogen (secondary N) is 1. The molecule has 1 rings (SSSR count). The van der Waals surface area contributed by atoms with Crippen LogP contribution in [0.1, 0.15) is 39.5 Å². The van der Waals surface area contributed by atoms with Crippen molar-refractivity contribution in [1.29, 1.82) is 0 Å². The van der Waals surface area contributed by atoms with E-state index in [0.717, 1.165) is 18.2 Å². The number of amides is 1. The lowest BCUT2D eigenvalue weighted by molar-refractivity contribution is -0.299. The van der Waals surface area contributed by atoms with E-state index < -0.39 is 30.1 Å². The Balaban J connectivity index is 2.78. The van der Waals surface area contributed by atoms with E-state index in [1.165, 1.54) is 0 Å². The number of hydrogen-bond donors (Lipinski definition) is 1. The molecule has 0 saturated heterocycles.